The molecule has 4 heteroatoms. The van der Waals surface area contributed by atoms with Crippen LogP contribution in [0, 0.1) is 18.6 Å². The number of nitrogens with two attached hydrogens (primary N) is 1. The van der Waals surface area contributed by atoms with Crippen LogP contribution in [-0.4, -0.2) is 0 Å². The summed E-state index contributed by atoms with van der Waals surface area (Å²) in [6.07, 6.45) is 0.475. The van der Waals surface area contributed by atoms with E-state index in [1.165, 1.54) is 18.2 Å². The molecule has 0 aliphatic rings. The number of benzene rings is 2. The lowest BCUT2D eigenvalue weighted by Crippen LogP contribution is -2.14. The van der Waals surface area contributed by atoms with Crippen molar-refractivity contribution >= 4 is 11.6 Å². The Morgan fingerprint density at radius 1 is 1.16 bits per heavy atom. The summed E-state index contributed by atoms with van der Waals surface area (Å²) in [5.74, 6) is -0.761. The molecule has 0 aliphatic heterocycles. The van der Waals surface area contributed by atoms with Crippen LogP contribution in [0.25, 0.3) is 0 Å². The number of halogens is 3. The highest BCUT2D eigenvalue weighted by atomic mass is 35.5. The number of hydrogen-bond acceptors (Lipinski definition) is 1. The fourth-order valence-corrected chi connectivity index (χ4v) is 2.22. The average molecular weight is 282 g/mol. The molecule has 0 spiro atoms. The summed E-state index contributed by atoms with van der Waals surface area (Å²) in [6, 6.07) is 8.85. The summed E-state index contributed by atoms with van der Waals surface area (Å²) >= 11 is 5.72. The van der Waals surface area contributed by atoms with Gasteiger partial charge in [0.2, 0.25) is 0 Å². The zero-order chi connectivity index (χ0) is 14.0. The summed E-state index contributed by atoms with van der Waals surface area (Å²) in [5.41, 5.74) is 8.41. The quantitative estimate of drug-likeness (QED) is 0.898. The Hall–Kier alpha value is -1.45. The van der Waals surface area contributed by atoms with Crippen molar-refractivity contribution in [3.05, 3.63) is 69.7 Å². The van der Waals surface area contributed by atoms with Crippen molar-refractivity contribution in [2.75, 3.05) is 0 Å². The Balaban J connectivity index is 2.20. The second kappa shape index (κ2) is 5.68. The Morgan fingerprint density at radius 2 is 1.89 bits per heavy atom. The Labute approximate surface area is 116 Å². The SMILES string of the molecule is Cc1cc(F)cc(C(N)Cc2ccc(F)c(Cl)c2)c1. The first-order chi connectivity index (χ1) is 8.95. The maximum atomic E-state index is 13.3. The molecule has 1 unspecified atom stereocenters. The van der Waals surface area contributed by atoms with E-state index < -0.39 is 5.82 Å². The molecule has 0 bridgehead atoms. The molecule has 2 aromatic rings. The maximum absolute atomic E-state index is 13.3. The first kappa shape index (κ1) is 14.0. The van der Waals surface area contributed by atoms with Gasteiger partial charge in [-0.3, -0.25) is 0 Å². The summed E-state index contributed by atoms with van der Waals surface area (Å²) < 4.78 is 26.4. The van der Waals surface area contributed by atoms with E-state index >= 15 is 0 Å². The van der Waals surface area contributed by atoms with Crippen LogP contribution in [0.15, 0.2) is 36.4 Å². The third-order valence-electron chi connectivity index (χ3n) is 2.93. The molecular formula is C15H14ClF2N. The zero-order valence-corrected chi connectivity index (χ0v) is 11.2. The maximum Gasteiger partial charge on any atom is 0.141 e. The molecule has 0 amide bonds. The van der Waals surface area contributed by atoms with Crippen LogP contribution in [0.2, 0.25) is 5.02 Å². The molecular weight excluding hydrogens is 268 g/mol. The molecule has 0 saturated carbocycles. The lowest BCUT2D eigenvalue weighted by Gasteiger charge is -2.13. The van der Waals surface area contributed by atoms with Crippen LogP contribution in [0.1, 0.15) is 22.7 Å². The minimum Gasteiger partial charge on any atom is -0.324 e. The molecule has 1 atom stereocenters. The largest absolute Gasteiger partial charge is 0.324 e. The van der Waals surface area contributed by atoms with Crippen LogP contribution in [0.3, 0.4) is 0 Å². The normalized spacial score (nSPS) is 12.5. The van der Waals surface area contributed by atoms with Crippen molar-refractivity contribution in [2.24, 2.45) is 5.73 Å². The zero-order valence-electron chi connectivity index (χ0n) is 10.5. The number of hydrogen-bond donors (Lipinski definition) is 1. The molecule has 2 N–H and O–H groups in total. The fraction of sp³-hybridized carbons (Fsp3) is 0.200. The molecule has 2 rings (SSSR count). The molecule has 0 radical (unpaired) electrons. The monoisotopic (exact) mass is 281 g/mol. The van der Waals surface area contributed by atoms with E-state index in [9.17, 15) is 8.78 Å². The summed E-state index contributed by atoms with van der Waals surface area (Å²) in [6.45, 7) is 1.81. The predicted octanol–water partition coefficient (Wildman–Crippen LogP) is 4.17. The van der Waals surface area contributed by atoms with E-state index in [0.717, 1.165) is 16.7 Å². The third kappa shape index (κ3) is 3.52. The molecule has 100 valence electrons. The first-order valence-corrected chi connectivity index (χ1v) is 6.30. The van der Waals surface area contributed by atoms with E-state index in [1.54, 1.807) is 12.1 Å². The van der Waals surface area contributed by atoms with Gasteiger partial charge in [0.1, 0.15) is 11.6 Å². The van der Waals surface area contributed by atoms with Gasteiger partial charge in [0.05, 0.1) is 5.02 Å². The third-order valence-corrected chi connectivity index (χ3v) is 3.22. The van der Waals surface area contributed by atoms with Gasteiger partial charge in [-0.25, -0.2) is 8.78 Å². The summed E-state index contributed by atoms with van der Waals surface area (Å²) in [4.78, 5) is 0. The van der Waals surface area contributed by atoms with E-state index in [4.69, 9.17) is 17.3 Å². The molecule has 0 heterocycles. The van der Waals surface area contributed by atoms with Gasteiger partial charge in [0.25, 0.3) is 0 Å². The summed E-state index contributed by atoms with van der Waals surface area (Å²) in [7, 11) is 0. The van der Waals surface area contributed by atoms with Gasteiger partial charge in [-0.2, -0.15) is 0 Å². The highest BCUT2D eigenvalue weighted by Gasteiger charge is 2.10. The van der Waals surface area contributed by atoms with Gasteiger partial charge in [-0.05, 0) is 54.3 Å². The highest BCUT2D eigenvalue weighted by Crippen LogP contribution is 2.22. The van der Waals surface area contributed by atoms with Crippen LogP contribution in [0.5, 0.6) is 0 Å². The van der Waals surface area contributed by atoms with E-state index in [0.29, 0.717) is 6.42 Å². The molecule has 0 fully saturated rings. The second-order valence-corrected chi connectivity index (χ2v) is 5.03. The van der Waals surface area contributed by atoms with Crippen molar-refractivity contribution in [1.29, 1.82) is 0 Å². The minimum atomic E-state index is -0.458. The van der Waals surface area contributed by atoms with E-state index in [-0.39, 0.29) is 16.9 Å². The molecule has 2 aromatic carbocycles. The number of aryl methyl sites for hydroxylation is 1. The lowest BCUT2D eigenvalue weighted by molar-refractivity contribution is 0.616. The van der Waals surface area contributed by atoms with Crippen molar-refractivity contribution in [1.82, 2.24) is 0 Å². The van der Waals surface area contributed by atoms with Gasteiger partial charge < -0.3 is 5.73 Å². The Morgan fingerprint density at radius 3 is 2.53 bits per heavy atom. The van der Waals surface area contributed by atoms with Gasteiger partial charge >= 0.3 is 0 Å². The molecule has 0 aromatic heterocycles. The average Bonchev–Trinajstić information content (AvgIpc) is 2.32. The van der Waals surface area contributed by atoms with Crippen molar-refractivity contribution in [3.63, 3.8) is 0 Å². The van der Waals surface area contributed by atoms with Crippen molar-refractivity contribution in [2.45, 2.75) is 19.4 Å². The second-order valence-electron chi connectivity index (χ2n) is 4.62. The van der Waals surface area contributed by atoms with E-state index in [1.807, 2.05) is 13.0 Å². The van der Waals surface area contributed by atoms with Gasteiger partial charge in [0, 0.05) is 6.04 Å². The summed E-state index contributed by atoms with van der Waals surface area (Å²) in [5, 5.41) is 0.0696. The fourth-order valence-electron chi connectivity index (χ4n) is 2.02. The standard InChI is InChI=1S/C15H14ClF2N/c1-9-4-11(8-12(17)5-9)15(19)7-10-2-3-14(18)13(16)6-10/h2-6,8,15H,7,19H2,1H3. The van der Waals surface area contributed by atoms with Crippen LogP contribution >= 0.6 is 11.6 Å². The molecule has 1 nitrogen and oxygen atoms in total. The van der Waals surface area contributed by atoms with E-state index in [2.05, 4.69) is 0 Å². The lowest BCUT2D eigenvalue weighted by atomic mass is 9.98. The molecule has 19 heavy (non-hydrogen) atoms. The first-order valence-electron chi connectivity index (χ1n) is 5.92. The molecule has 0 saturated heterocycles. The van der Waals surface area contributed by atoms with Gasteiger partial charge in [-0.15, -0.1) is 0 Å². The van der Waals surface area contributed by atoms with Crippen LogP contribution in [-0.2, 0) is 6.42 Å². The smallest absolute Gasteiger partial charge is 0.141 e. The molecule has 0 aliphatic carbocycles. The minimum absolute atomic E-state index is 0.0696. The highest BCUT2D eigenvalue weighted by molar-refractivity contribution is 6.30. The van der Waals surface area contributed by atoms with Crippen molar-refractivity contribution in [3.8, 4) is 0 Å². The Kier molecular flexibility index (Phi) is 4.17. The van der Waals surface area contributed by atoms with Crippen LogP contribution in [0.4, 0.5) is 8.78 Å². The Bertz CT molecular complexity index is 578. The van der Waals surface area contributed by atoms with Gasteiger partial charge in [-0.1, -0.05) is 23.7 Å². The van der Waals surface area contributed by atoms with Crippen molar-refractivity contribution < 1.29 is 8.78 Å². The van der Waals surface area contributed by atoms with Crippen LogP contribution < -0.4 is 5.73 Å². The van der Waals surface area contributed by atoms with Gasteiger partial charge in [0.15, 0.2) is 0 Å². The predicted molar refractivity (Wildman–Crippen MR) is 73.2 cm³/mol. The topological polar surface area (TPSA) is 26.0 Å². The number of rotatable bonds is 3.